The van der Waals surface area contributed by atoms with E-state index >= 15 is 0 Å². The Balaban J connectivity index is 1.14. The highest BCUT2D eigenvalue weighted by Crippen LogP contribution is 2.51. The van der Waals surface area contributed by atoms with Gasteiger partial charge in [0.1, 0.15) is 23.3 Å². The molecule has 0 saturated carbocycles. The Labute approximate surface area is 475 Å². The van der Waals surface area contributed by atoms with Gasteiger partial charge in [0, 0.05) is 78.7 Å². The predicted octanol–water partition coefficient (Wildman–Crippen LogP) is 20.2. The van der Waals surface area contributed by atoms with Crippen LogP contribution in [-0.2, 0) is 0 Å². The zero-order chi connectivity index (χ0) is 53.9. The number of para-hydroxylation sites is 6. The summed E-state index contributed by atoms with van der Waals surface area (Å²) < 4.78 is 14.0. The summed E-state index contributed by atoms with van der Waals surface area (Å²) >= 11 is 3.60. The molecule has 12 aromatic carbocycles. The largest absolute Gasteiger partial charge is 0.306 e. The average molecular weight is 1080 g/mol. The molecule has 0 saturated heterocycles. The summed E-state index contributed by atoms with van der Waals surface area (Å²) in [6, 6.07) is 92.4. The van der Waals surface area contributed by atoms with Crippen molar-refractivity contribution in [3.63, 3.8) is 0 Å². The molecule has 0 aliphatic rings. The lowest BCUT2D eigenvalue weighted by atomic mass is 9.97. The molecule has 18 rings (SSSR count). The normalized spacial score (nSPS) is 12.1. The van der Waals surface area contributed by atoms with Crippen LogP contribution in [0.2, 0.25) is 0 Å². The molecule has 0 radical (unpaired) electrons. The highest BCUT2D eigenvalue weighted by molar-refractivity contribution is 7.26. The third-order valence-corrected chi connectivity index (χ3v) is 19.6. The molecule has 6 heterocycles. The number of hydrogen-bond acceptors (Lipinski definition) is 4. The summed E-state index contributed by atoms with van der Waals surface area (Å²) in [4.78, 5) is 0. The van der Waals surface area contributed by atoms with E-state index in [1.165, 1.54) is 30.3 Å². The lowest BCUT2D eigenvalue weighted by Gasteiger charge is -2.27. The van der Waals surface area contributed by atoms with Crippen LogP contribution in [0.5, 0.6) is 0 Å². The SMILES string of the molecule is N#Cc1c(-n2c3ccccc3c3ccccc32)c(-n2c3ccccc3c3ccccc32)c(C#N)c(-n2c3cc(-c4cccc5sc6ccccc6c45)ccc3c3ccc4c5ccccc5sc4c32)c1-n1c2ccccc2c2ccccc21. The fourth-order valence-electron chi connectivity index (χ4n) is 14.0. The van der Waals surface area contributed by atoms with Gasteiger partial charge >= 0.3 is 0 Å². The number of thiophene rings is 2. The molecule has 0 unspecified atom stereocenters. The Kier molecular flexibility index (Phi) is 9.30. The Morgan fingerprint density at radius 3 is 1.12 bits per heavy atom. The maximum Gasteiger partial charge on any atom is 0.104 e. The lowest BCUT2D eigenvalue weighted by Crippen LogP contribution is -2.16. The number of aromatic nitrogens is 4. The summed E-state index contributed by atoms with van der Waals surface area (Å²) in [6.45, 7) is 0. The third-order valence-electron chi connectivity index (χ3n) is 17.2. The summed E-state index contributed by atoms with van der Waals surface area (Å²) in [7, 11) is 0. The molecular formula is C74H40N6S2. The van der Waals surface area contributed by atoms with Gasteiger partial charge in [-0.05, 0) is 71.8 Å². The lowest BCUT2D eigenvalue weighted by molar-refractivity contribution is 1.03. The molecule has 0 atom stereocenters. The van der Waals surface area contributed by atoms with E-state index in [-0.39, 0.29) is 0 Å². The fraction of sp³-hybridized carbons (Fsp3) is 0. The van der Waals surface area contributed by atoms with E-state index < -0.39 is 0 Å². The van der Waals surface area contributed by atoms with E-state index in [2.05, 4.69) is 273 Å². The Morgan fingerprint density at radius 1 is 0.280 bits per heavy atom. The summed E-state index contributed by atoms with van der Waals surface area (Å²) in [5, 5.41) is 39.1. The minimum Gasteiger partial charge on any atom is -0.306 e. The Bertz CT molecular complexity index is 5780. The quantitative estimate of drug-likeness (QED) is 0.172. The van der Waals surface area contributed by atoms with E-state index in [1.807, 2.05) is 11.3 Å². The van der Waals surface area contributed by atoms with Crippen LogP contribution < -0.4 is 0 Å². The second kappa shape index (κ2) is 16.9. The molecular weight excluding hydrogens is 1040 g/mol. The van der Waals surface area contributed by atoms with Gasteiger partial charge in [-0.1, -0.05) is 182 Å². The van der Waals surface area contributed by atoms with E-state index in [0.717, 1.165) is 108 Å². The van der Waals surface area contributed by atoms with Crippen molar-refractivity contribution in [3.8, 4) is 46.0 Å². The van der Waals surface area contributed by atoms with Crippen LogP contribution in [0.3, 0.4) is 0 Å². The van der Waals surface area contributed by atoms with Crippen molar-refractivity contribution in [2.75, 3.05) is 0 Å². The maximum atomic E-state index is 13.0. The van der Waals surface area contributed by atoms with Crippen LogP contribution >= 0.6 is 22.7 Å². The number of nitrogens with zero attached hydrogens (tertiary/aromatic N) is 6. The third kappa shape index (κ3) is 5.93. The van der Waals surface area contributed by atoms with Crippen LogP contribution in [0.15, 0.2) is 243 Å². The molecule has 0 fully saturated rings. The van der Waals surface area contributed by atoms with Crippen LogP contribution in [-0.4, -0.2) is 18.3 Å². The van der Waals surface area contributed by atoms with Crippen molar-refractivity contribution in [3.05, 3.63) is 254 Å². The first-order valence-corrected chi connectivity index (χ1v) is 29.1. The zero-order valence-electron chi connectivity index (χ0n) is 43.6. The second-order valence-corrected chi connectivity index (χ2v) is 23.4. The minimum atomic E-state index is 0.424. The molecule has 0 N–H and O–H groups in total. The molecule has 378 valence electrons. The van der Waals surface area contributed by atoms with Gasteiger partial charge in [-0.25, -0.2) is 0 Å². The smallest absolute Gasteiger partial charge is 0.104 e. The number of fused-ring (bicyclic) bond motifs is 19. The highest BCUT2D eigenvalue weighted by atomic mass is 32.1. The van der Waals surface area contributed by atoms with Crippen LogP contribution in [0.4, 0.5) is 0 Å². The predicted molar refractivity (Wildman–Crippen MR) is 344 cm³/mol. The van der Waals surface area contributed by atoms with E-state index in [0.29, 0.717) is 33.9 Å². The van der Waals surface area contributed by atoms with Crippen molar-refractivity contribution >= 4 is 150 Å². The van der Waals surface area contributed by atoms with Crippen molar-refractivity contribution in [1.29, 1.82) is 10.5 Å². The summed E-state index contributed by atoms with van der Waals surface area (Å²) in [6.07, 6.45) is 0. The van der Waals surface area contributed by atoms with E-state index in [9.17, 15) is 10.5 Å². The molecule has 8 heteroatoms. The van der Waals surface area contributed by atoms with Crippen molar-refractivity contribution < 1.29 is 0 Å². The standard InChI is InChI=1S/C74H40N6S2/c75-41-56-69(77-58-27-9-1-18-45(58)46-19-2-10-28-59(46)77)70(78-60-29-11-3-20-47(60)48-21-4-12-30-61(48)78)57(42-76)72(71(56)79-62-31-13-5-22-49(62)50-23-6-14-32-63(50)79)80-64-40-43(44-26-17-35-67-68(44)55-25-8-16-34-66(55)81-67)36-37-51(64)53-38-39-54-52-24-7-15-33-65(52)82-74(54)73(53)80/h1-40H. The number of nitriles is 2. The van der Waals surface area contributed by atoms with Crippen LogP contribution in [0.25, 0.3) is 161 Å². The van der Waals surface area contributed by atoms with Gasteiger partial charge in [0.2, 0.25) is 0 Å². The summed E-state index contributed by atoms with van der Waals surface area (Å²) in [5.41, 5.74) is 13.0. The average Bonchev–Trinajstić information content (AvgIpc) is 2.47. The van der Waals surface area contributed by atoms with Gasteiger partial charge in [-0.3, -0.25) is 0 Å². The van der Waals surface area contributed by atoms with Crippen molar-refractivity contribution in [2.45, 2.75) is 0 Å². The van der Waals surface area contributed by atoms with Gasteiger partial charge in [0.15, 0.2) is 0 Å². The van der Waals surface area contributed by atoms with Gasteiger partial charge in [-0.2, -0.15) is 10.5 Å². The fourth-order valence-corrected chi connectivity index (χ4v) is 16.3. The first-order chi connectivity index (χ1) is 40.7. The van der Waals surface area contributed by atoms with Crippen LogP contribution in [0, 0.1) is 22.7 Å². The monoisotopic (exact) mass is 1080 g/mol. The van der Waals surface area contributed by atoms with Crippen LogP contribution in [0.1, 0.15) is 11.1 Å². The molecule has 0 aliphatic heterocycles. The number of hydrogen-bond donors (Lipinski definition) is 0. The molecule has 0 amide bonds. The van der Waals surface area contributed by atoms with Gasteiger partial charge < -0.3 is 18.3 Å². The first-order valence-electron chi connectivity index (χ1n) is 27.5. The molecule has 82 heavy (non-hydrogen) atoms. The van der Waals surface area contributed by atoms with Gasteiger partial charge in [0.05, 0.1) is 71.6 Å². The summed E-state index contributed by atoms with van der Waals surface area (Å²) in [5.74, 6) is 0. The van der Waals surface area contributed by atoms with E-state index in [1.54, 1.807) is 11.3 Å². The van der Waals surface area contributed by atoms with Gasteiger partial charge in [0.25, 0.3) is 0 Å². The topological polar surface area (TPSA) is 67.3 Å². The molecule has 0 spiro atoms. The highest BCUT2D eigenvalue weighted by Gasteiger charge is 2.35. The number of rotatable bonds is 5. The Hall–Kier alpha value is -10.7. The van der Waals surface area contributed by atoms with Crippen molar-refractivity contribution in [2.24, 2.45) is 0 Å². The second-order valence-electron chi connectivity index (χ2n) is 21.3. The minimum absolute atomic E-state index is 0.424. The first kappa shape index (κ1) is 45.2. The molecule has 18 aromatic rings. The molecule has 0 aliphatic carbocycles. The van der Waals surface area contributed by atoms with Crippen molar-refractivity contribution in [1.82, 2.24) is 18.3 Å². The Morgan fingerprint density at radius 2 is 0.646 bits per heavy atom. The number of benzene rings is 12. The molecule has 6 aromatic heterocycles. The molecule has 6 nitrogen and oxygen atoms in total. The molecule has 0 bridgehead atoms. The maximum absolute atomic E-state index is 13.0. The van der Waals surface area contributed by atoms with E-state index in [4.69, 9.17) is 0 Å². The zero-order valence-corrected chi connectivity index (χ0v) is 45.2. The van der Waals surface area contributed by atoms with Gasteiger partial charge in [-0.15, -0.1) is 22.7 Å².